The molecule has 0 aliphatic heterocycles. The largest absolute Gasteiger partial charge is 0.354 e. The van der Waals surface area contributed by atoms with Crippen molar-refractivity contribution in [2.75, 3.05) is 6.54 Å². The Kier molecular flexibility index (Phi) is 5.08. The number of hydrogen-bond donors (Lipinski definition) is 2. The molecule has 2 heteroatoms. The van der Waals surface area contributed by atoms with Gasteiger partial charge in [-0.1, -0.05) is 72.8 Å². The van der Waals surface area contributed by atoms with Crippen LogP contribution in [-0.4, -0.2) is 11.5 Å². The topological polar surface area (TPSA) is 41.8 Å². The molecule has 0 aliphatic rings. The number of rotatable bonds is 6. The lowest BCUT2D eigenvalue weighted by atomic mass is 9.98. The molecule has 0 fully saturated rings. The third kappa shape index (κ3) is 3.54. The summed E-state index contributed by atoms with van der Waals surface area (Å²) in [4.78, 5) is 3.70. The molecule has 0 atom stereocenters. The number of fused-ring (bicyclic) bond motifs is 1. The number of aromatic nitrogens is 1. The van der Waals surface area contributed by atoms with E-state index in [2.05, 4.69) is 84.7 Å². The number of para-hydroxylation sites is 1. The van der Waals surface area contributed by atoms with Crippen LogP contribution in [0, 0.1) is 6.92 Å². The van der Waals surface area contributed by atoms with E-state index in [1.807, 2.05) is 0 Å². The van der Waals surface area contributed by atoms with Gasteiger partial charge in [0, 0.05) is 16.6 Å². The normalized spacial score (nSPS) is 11.2. The Labute approximate surface area is 161 Å². The van der Waals surface area contributed by atoms with Crippen molar-refractivity contribution in [3.63, 3.8) is 0 Å². The first kappa shape index (κ1) is 17.6. The molecule has 3 aromatic carbocycles. The summed E-state index contributed by atoms with van der Waals surface area (Å²) in [5.74, 6) is 0. The van der Waals surface area contributed by atoms with Gasteiger partial charge >= 0.3 is 0 Å². The summed E-state index contributed by atoms with van der Waals surface area (Å²) < 4.78 is 0. The fourth-order valence-electron chi connectivity index (χ4n) is 3.83. The van der Waals surface area contributed by atoms with Gasteiger partial charge in [-0.25, -0.2) is 0 Å². The summed E-state index contributed by atoms with van der Waals surface area (Å²) in [5.41, 5.74) is 14.7. The highest BCUT2D eigenvalue weighted by Crippen LogP contribution is 2.34. The Morgan fingerprint density at radius 1 is 0.741 bits per heavy atom. The number of aromatic amines is 1. The number of aryl methyl sites for hydroxylation is 2. The number of benzene rings is 3. The zero-order valence-corrected chi connectivity index (χ0v) is 15.8. The fourth-order valence-corrected chi connectivity index (χ4v) is 3.83. The van der Waals surface area contributed by atoms with Crippen molar-refractivity contribution in [1.82, 2.24) is 4.98 Å². The third-order valence-electron chi connectivity index (χ3n) is 5.31. The molecule has 4 aromatic rings. The molecular weight excluding hydrogens is 328 g/mol. The average Bonchev–Trinajstić information content (AvgIpc) is 3.09. The maximum Gasteiger partial charge on any atom is 0.0497 e. The molecule has 0 spiro atoms. The smallest absolute Gasteiger partial charge is 0.0497 e. The highest BCUT2D eigenvalue weighted by molar-refractivity contribution is 5.93. The van der Waals surface area contributed by atoms with Crippen LogP contribution in [0.1, 0.15) is 24.0 Å². The molecule has 1 heterocycles. The van der Waals surface area contributed by atoms with E-state index < -0.39 is 0 Å². The van der Waals surface area contributed by atoms with Crippen LogP contribution in [0.2, 0.25) is 0 Å². The quantitative estimate of drug-likeness (QED) is 0.404. The fraction of sp³-hybridized carbons (Fsp3) is 0.200. The Hall–Kier alpha value is -2.84. The van der Waals surface area contributed by atoms with Crippen LogP contribution in [-0.2, 0) is 6.42 Å². The lowest BCUT2D eigenvalue weighted by Crippen LogP contribution is -1.99. The predicted octanol–water partition coefficient (Wildman–Crippen LogP) is 6.09. The molecule has 0 radical (unpaired) electrons. The lowest BCUT2D eigenvalue weighted by molar-refractivity contribution is 0.748. The minimum absolute atomic E-state index is 0.752. The van der Waals surface area contributed by atoms with Crippen LogP contribution in [0.15, 0.2) is 72.8 Å². The van der Waals surface area contributed by atoms with Crippen molar-refractivity contribution in [3.05, 3.63) is 83.9 Å². The van der Waals surface area contributed by atoms with Crippen LogP contribution in [0.5, 0.6) is 0 Å². The van der Waals surface area contributed by atoms with Crippen molar-refractivity contribution in [1.29, 1.82) is 0 Å². The number of nitrogens with one attached hydrogen (secondary N) is 1. The first-order valence-corrected chi connectivity index (χ1v) is 9.74. The maximum absolute atomic E-state index is 5.72. The Bertz CT molecular complexity index is 1030. The molecule has 4 rings (SSSR count). The van der Waals surface area contributed by atoms with Gasteiger partial charge in [-0.3, -0.25) is 0 Å². The zero-order valence-electron chi connectivity index (χ0n) is 15.8. The van der Waals surface area contributed by atoms with E-state index >= 15 is 0 Å². The van der Waals surface area contributed by atoms with Gasteiger partial charge in [0.1, 0.15) is 0 Å². The Morgan fingerprint density at radius 3 is 2.19 bits per heavy atom. The van der Waals surface area contributed by atoms with Crippen molar-refractivity contribution < 1.29 is 0 Å². The van der Waals surface area contributed by atoms with Crippen molar-refractivity contribution >= 4 is 10.9 Å². The van der Waals surface area contributed by atoms with Gasteiger partial charge in [0.05, 0.1) is 0 Å². The molecule has 1 aromatic heterocycles. The number of hydrogen-bond acceptors (Lipinski definition) is 1. The van der Waals surface area contributed by atoms with E-state index in [0.717, 1.165) is 25.8 Å². The lowest BCUT2D eigenvalue weighted by Gasteiger charge is -2.07. The minimum atomic E-state index is 0.752. The van der Waals surface area contributed by atoms with Gasteiger partial charge in [0.25, 0.3) is 0 Å². The molecule has 0 unspecified atom stereocenters. The molecule has 0 saturated carbocycles. The van der Waals surface area contributed by atoms with Crippen molar-refractivity contribution in [2.45, 2.75) is 26.2 Å². The van der Waals surface area contributed by atoms with Crippen molar-refractivity contribution in [2.24, 2.45) is 5.73 Å². The molecule has 2 nitrogen and oxygen atoms in total. The van der Waals surface area contributed by atoms with Gasteiger partial charge in [0.2, 0.25) is 0 Å². The number of unbranched alkanes of at least 4 members (excludes halogenated alkanes) is 1. The minimum Gasteiger partial charge on any atom is -0.354 e. The SMILES string of the molecule is Cc1cccc2c(CCCCN)c(-c3ccc(-c4ccccc4)cc3)[nH]c12. The van der Waals surface area contributed by atoms with Gasteiger partial charge in [-0.2, -0.15) is 0 Å². The molecule has 0 saturated heterocycles. The first-order chi connectivity index (χ1) is 13.3. The molecule has 136 valence electrons. The molecular formula is C25H26N2. The first-order valence-electron chi connectivity index (χ1n) is 9.74. The van der Waals surface area contributed by atoms with E-state index in [9.17, 15) is 0 Å². The number of H-pyrrole nitrogens is 1. The van der Waals surface area contributed by atoms with E-state index in [1.165, 1.54) is 44.4 Å². The molecule has 0 bridgehead atoms. The monoisotopic (exact) mass is 354 g/mol. The van der Waals surface area contributed by atoms with Crippen LogP contribution in [0.4, 0.5) is 0 Å². The highest BCUT2D eigenvalue weighted by Gasteiger charge is 2.14. The summed E-state index contributed by atoms with van der Waals surface area (Å²) in [7, 11) is 0. The van der Waals surface area contributed by atoms with Crippen LogP contribution >= 0.6 is 0 Å². The summed E-state index contributed by atoms with van der Waals surface area (Å²) in [6.45, 7) is 2.92. The van der Waals surface area contributed by atoms with E-state index in [1.54, 1.807) is 0 Å². The van der Waals surface area contributed by atoms with E-state index in [0.29, 0.717) is 0 Å². The van der Waals surface area contributed by atoms with Crippen molar-refractivity contribution in [3.8, 4) is 22.4 Å². The van der Waals surface area contributed by atoms with E-state index in [4.69, 9.17) is 5.73 Å². The van der Waals surface area contributed by atoms with Crippen LogP contribution in [0.25, 0.3) is 33.3 Å². The summed E-state index contributed by atoms with van der Waals surface area (Å²) in [6.07, 6.45) is 3.23. The van der Waals surface area contributed by atoms with E-state index in [-0.39, 0.29) is 0 Å². The van der Waals surface area contributed by atoms with Crippen LogP contribution < -0.4 is 5.73 Å². The second kappa shape index (κ2) is 7.81. The van der Waals surface area contributed by atoms with Gasteiger partial charge < -0.3 is 10.7 Å². The highest BCUT2D eigenvalue weighted by atomic mass is 14.7. The maximum atomic E-state index is 5.72. The summed E-state index contributed by atoms with van der Waals surface area (Å²) >= 11 is 0. The Morgan fingerprint density at radius 2 is 1.44 bits per heavy atom. The standard InChI is InChI=1S/C25H26N2/c1-18-8-7-12-22-23(11-5-6-17-26)25(27-24(18)22)21-15-13-20(14-16-21)19-9-3-2-4-10-19/h2-4,7-10,12-16,27H,5-6,11,17,26H2,1H3. The zero-order chi connectivity index (χ0) is 18.6. The third-order valence-corrected chi connectivity index (χ3v) is 5.31. The molecule has 0 aliphatic carbocycles. The second-order valence-corrected chi connectivity index (χ2v) is 7.17. The number of nitrogens with two attached hydrogens (primary N) is 1. The Balaban J connectivity index is 1.76. The predicted molar refractivity (Wildman–Crippen MR) is 116 cm³/mol. The van der Waals surface area contributed by atoms with Gasteiger partial charge in [-0.15, -0.1) is 0 Å². The molecule has 27 heavy (non-hydrogen) atoms. The average molecular weight is 354 g/mol. The summed E-state index contributed by atoms with van der Waals surface area (Å²) in [6, 6.07) is 26.0. The second-order valence-electron chi connectivity index (χ2n) is 7.17. The molecule has 0 amide bonds. The van der Waals surface area contributed by atoms with Gasteiger partial charge in [-0.05, 0) is 60.5 Å². The summed E-state index contributed by atoms with van der Waals surface area (Å²) in [5, 5.41) is 1.34. The van der Waals surface area contributed by atoms with Gasteiger partial charge in [0.15, 0.2) is 0 Å². The molecule has 3 N–H and O–H groups in total. The van der Waals surface area contributed by atoms with Crippen LogP contribution in [0.3, 0.4) is 0 Å².